The van der Waals surface area contributed by atoms with E-state index in [1.807, 2.05) is 36.4 Å². The van der Waals surface area contributed by atoms with Crippen molar-refractivity contribution in [2.45, 2.75) is 0 Å². The largest absolute Gasteiger partial charge is 0.207 e. The second-order valence-corrected chi connectivity index (χ2v) is 4.98. The maximum atomic E-state index is 13.2. The van der Waals surface area contributed by atoms with E-state index in [0.29, 0.717) is 0 Å². The molecule has 3 aromatic rings. The molecule has 2 heteroatoms. The molecule has 22 heavy (non-hydrogen) atoms. The van der Waals surface area contributed by atoms with E-state index in [9.17, 15) is 8.78 Å². The lowest BCUT2D eigenvalue weighted by Gasteiger charge is -2.09. The van der Waals surface area contributed by atoms with Crippen molar-refractivity contribution in [1.29, 1.82) is 0 Å². The van der Waals surface area contributed by atoms with Gasteiger partial charge < -0.3 is 0 Å². The molecule has 0 heterocycles. The zero-order valence-electron chi connectivity index (χ0n) is 11.8. The third-order valence-corrected chi connectivity index (χ3v) is 3.42. The number of rotatable bonds is 3. The summed E-state index contributed by atoms with van der Waals surface area (Å²) in [4.78, 5) is 0. The molecule has 0 atom stereocenters. The monoisotopic (exact) mass is 292 g/mol. The van der Waals surface area contributed by atoms with Crippen molar-refractivity contribution >= 4 is 11.6 Å². The quantitative estimate of drug-likeness (QED) is 0.555. The van der Waals surface area contributed by atoms with E-state index < -0.39 is 0 Å². The molecule has 108 valence electrons. The first kappa shape index (κ1) is 14.2. The Morgan fingerprint density at radius 3 is 1.68 bits per heavy atom. The van der Waals surface area contributed by atoms with Crippen LogP contribution in [0, 0.1) is 11.6 Å². The van der Waals surface area contributed by atoms with Crippen molar-refractivity contribution in [1.82, 2.24) is 0 Å². The highest BCUT2D eigenvalue weighted by atomic mass is 19.1. The molecule has 3 rings (SSSR count). The highest BCUT2D eigenvalue weighted by Gasteiger charge is 2.05. The molecular weight excluding hydrogens is 278 g/mol. The van der Waals surface area contributed by atoms with Crippen molar-refractivity contribution in [2.75, 3.05) is 0 Å². The molecule has 0 nitrogen and oxygen atoms in total. The third kappa shape index (κ3) is 3.29. The first-order chi connectivity index (χ1) is 10.7. The van der Waals surface area contributed by atoms with E-state index in [1.165, 1.54) is 24.3 Å². The normalized spacial score (nSPS) is 11.5. The van der Waals surface area contributed by atoms with E-state index in [2.05, 4.69) is 0 Å². The van der Waals surface area contributed by atoms with Crippen LogP contribution in [0.1, 0.15) is 16.7 Å². The summed E-state index contributed by atoms with van der Waals surface area (Å²) in [5.41, 5.74) is 3.80. The van der Waals surface area contributed by atoms with E-state index in [0.717, 1.165) is 22.3 Å². The van der Waals surface area contributed by atoms with Crippen molar-refractivity contribution < 1.29 is 8.78 Å². The molecule has 0 unspecified atom stereocenters. The highest BCUT2D eigenvalue weighted by Crippen LogP contribution is 2.26. The fraction of sp³-hybridized carbons (Fsp3) is 0. The van der Waals surface area contributed by atoms with Gasteiger partial charge in [-0.25, -0.2) is 8.78 Å². The summed E-state index contributed by atoms with van der Waals surface area (Å²) in [7, 11) is 0. The molecule has 3 aromatic carbocycles. The van der Waals surface area contributed by atoms with E-state index in [4.69, 9.17) is 0 Å². The molecule has 0 fully saturated rings. The molecule has 0 radical (unpaired) electrons. The van der Waals surface area contributed by atoms with E-state index in [1.54, 1.807) is 24.3 Å². The maximum absolute atomic E-state index is 13.2. The number of benzene rings is 3. The molecule has 0 bridgehead atoms. The molecule has 0 spiro atoms. The van der Waals surface area contributed by atoms with Crippen LogP contribution in [0.4, 0.5) is 8.78 Å². The van der Waals surface area contributed by atoms with Crippen LogP contribution in [0.3, 0.4) is 0 Å². The second-order valence-electron chi connectivity index (χ2n) is 4.98. The van der Waals surface area contributed by atoms with Crippen LogP contribution < -0.4 is 0 Å². The number of hydrogen-bond acceptors (Lipinski definition) is 0. The van der Waals surface area contributed by atoms with Gasteiger partial charge in [0.2, 0.25) is 0 Å². The van der Waals surface area contributed by atoms with Crippen molar-refractivity contribution in [2.24, 2.45) is 0 Å². The van der Waals surface area contributed by atoms with Gasteiger partial charge in [0.05, 0.1) is 0 Å². The summed E-state index contributed by atoms with van der Waals surface area (Å²) in [6.07, 6.45) is 1.97. The minimum Gasteiger partial charge on any atom is -0.207 e. The average Bonchev–Trinajstić information content (AvgIpc) is 2.56. The Kier molecular flexibility index (Phi) is 4.10. The minimum atomic E-state index is -0.266. The second kappa shape index (κ2) is 6.35. The van der Waals surface area contributed by atoms with Crippen LogP contribution in [0.5, 0.6) is 0 Å². The Morgan fingerprint density at radius 2 is 1.09 bits per heavy atom. The molecule has 0 N–H and O–H groups in total. The molecule has 0 aliphatic rings. The zero-order chi connectivity index (χ0) is 15.4. The van der Waals surface area contributed by atoms with Crippen LogP contribution in [0.2, 0.25) is 0 Å². The first-order valence-electron chi connectivity index (χ1n) is 7.01. The van der Waals surface area contributed by atoms with Crippen molar-refractivity contribution in [3.05, 3.63) is 107 Å². The fourth-order valence-electron chi connectivity index (χ4n) is 2.31. The lowest BCUT2D eigenvalue weighted by atomic mass is 9.96. The SMILES string of the molecule is Fc1ccc(/C=C(\c2ccccc2)c2ccc(F)cc2)cc1. The summed E-state index contributed by atoms with van der Waals surface area (Å²) in [5, 5.41) is 0. The minimum absolute atomic E-state index is 0.264. The summed E-state index contributed by atoms with van der Waals surface area (Å²) < 4.78 is 26.2. The lowest BCUT2D eigenvalue weighted by Crippen LogP contribution is -1.89. The van der Waals surface area contributed by atoms with E-state index in [-0.39, 0.29) is 11.6 Å². The Labute approximate surface area is 128 Å². The molecule has 0 saturated heterocycles. The highest BCUT2D eigenvalue weighted by molar-refractivity contribution is 5.91. The first-order valence-corrected chi connectivity index (χ1v) is 7.01. The Morgan fingerprint density at radius 1 is 0.591 bits per heavy atom. The van der Waals surface area contributed by atoms with Crippen LogP contribution in [-0.2, 0) is 0 Å². The van der Waals surface area contributed by atoms with Gasteiger partial charge in [-0.05, 0) is 52.6 Å². The van der Waals surface area contributed by atoms with Gasteiger partial charge in [0.15, 0.2) is 0 Å². The summed E-state index contributed by atoms with van der Waals surface area (Å²) >= 11 is 0. The van der Waals surface area contributed by atoms with Gasteiger partial charge in [-0.2, -0.15) is 0 Å². The number of halogens is 2. The predicted molar refractivity (Wildman–Crippen MR) is 86.2 cm³/mol. The van der Waals surface area contributed by atoms with Gasteiger partial charge in [0.25, 0.3) is 0 Å². The summed E-state index contributed by atoms with van der Waals surface area (Å²) in [6.45, 7) is 0. The Balaban J connectivity index is 2.10. The van der Waals surface area contributed by atoms with Gasteiger partial charge in [-0.3, -0.25) is 0 Å². The average molecular weight is 292 g/mol. The van der Waals surface area contributed by atoms with Crippen LogP contribution in [0.15, 0.2) is 78.9 Å². The predicted octanol–water partition coefficient (Wildman–Crippen LogP) is 5.55. The van der Waals surface area contributed by atoms with E-state index >= 15 is 0 Å². The third-order valence-electron chi connectivity index (χ3n) is 3.42. The van der Waals surface area contributed by atoms with Crippen LogP contribution in [0.25, 0.3) is 11.6 Å². The molecule has 0 aromatic heterocycles. The Hall–Kier alpha value is -2.74. The zero-order valence-corrected chi connectivity index (χ0v) is 11.8. The smallest absolute Gasteiger partial charge is 0.123 e. The van der Waals surface area contributed by atoms with Gasteiger partial charge in [0.1, 0.15) is 11.6 Å². The lowest BCUT2D eigenvalue weighted by molar-refractivity contribution is 0.627. The molecule has 0 aliphatic heterocycles. The Bertz CT molecular complexity index is 770. The molecule has 0 aliphatic carbocycles. The van der Waals surface area contributed by atoms with Crippen molar-refractivity contribution in [3.63, 3.8) is 0 Å². The molecular formula is C20H14F2. The van der Waals surface area contributed by atoms with Gasteiger partial charge >= 0.3 is 0 Å². The van der Waals surface area contributed by atoms with Gasteiger partial charge in [-0.15, -0.1) is 0 Å². The van der Waals surface area contributed by atoms with Crippen LogP contribution >= 0.6 is 0 Å². The molecule has 0 saturated carbocycles. The number of hydrogen-bond donors (Lipinski definition) is 0. The summed E-state index contributed by atoms with van der Waals surface area (Å²) in [6, 6.07) is 22.5. The fourth-order valence-corrected chi connectivity index (χ4v) is 2.31. The van der Waals surface area contributed by atoms with Gasteiger partial charge in [-0.1, -0.05) is 54.6 Å². The van der Waals surface area contributed by atoms with Crippen LogP contribution in [-0.4, -0.2) is 0 Å². The maximum Gasteiger partial charge on any atom is 0.123 e. The van der Waals surface area contributed by atoms with Gasteiger partial charge in [0, 0.05) is 0 Å². The standard InChI is InChI=1S/C20H14F2/c21-18-10-6-15(7-11-18)14-20(16-4-2-1-3-5-16)17-8-12-19(22)13-9-17/h1-14H/b20-14+. The topological polar surface area (TPSA) is 0 Å². The summed E-state index contributed by atoms with van der Waals surface area (Å²) in [5.74, 6) is -0.530. The van der Waals surface area contributed by atoms with Crippen molar-refractivity contribution in [3.8, 4) is 0 Å². The molecule has 0 amide bonds.